The number of nitrogens with zero attached hydrogens (tertiary/aromatic N) is 2. The van der Waals surface area contributed by atoms with Crippen LogP contribution in [-0.4, -0.2) is 55.5 Å². The van der Waals surface area contributed by atoms with E-state index in [4.69, 9.17) is 0 Å². The second-order valence-electron chi connectivity index (χ2n) is 5.38. The molecule has 1 N–H and O–H groups in total. The van der Waals surface area contributed by atoms with Crippen LogP contribution in [0.2, 0.25) is 0 Å². The predicted octanol–water partition coefficient (Wildman–Crippen LogP) is 2.29. The lowest BCUT2D eigenvalue weighted by atomic mass is 10.2. The van der Waals surface area contributed by atoms with Crippen LogP contribution in [0.25, 0.3) is 0 Å². The fraction of sp³-hybridized carbons (Fsp3) is 0.562. The molecule has 1 saturated heterocycles. The molecule has 0 bridgehead atoms. The molecule has 0 unspecified atom stereocenters. The van der Waals surface area contributed by atoms with Crippen LogP contribution in [-0.2, 0) is 0 Å². The number of hydrogen-bond acceptors (Lipinski definition) is 3. The van der Waals surface area contributed by atoms with Gasteiger partial charge in [-0.3, -0.25) is 4.79 Å². The van der Waals surface area contributed by atoms with E-state index in [-0.39, 0.29) is 5.91 Å². The highest BCUT2D eigenvalue weighted by molar-refractivity contribution is 5.94. The molecule has 1 aliphatic rings. The fourth-order valence-corrected chi connectivity index (χ4v) is 2.55. The molecule has 2 rings (SSSR count). The number of carbonyl (C=O) groups excluding carboxylic acids is 1. The Hall–Kier alpha value is -1.55. The first-order valence-electron chi connectivity index (χ1n) is 7.52. The van der Waals surface area contributed by atoms with Gasteiger partial charge in [-0.25, -0.2) is 0 Å². The Morgan fingerprint density at radius 3 is 2.50 bits per heavy atom. The van der Waals surface area contributed by atoms with E-state index in [0.29, 0.717) is 0 Å². The van der Waals surface area contributed by atoms with Crippen molar-refractivity contribution in [2.45, 2.75) is 19.8 Å². The summed E-state index contributed by atoms with van der Waals surface area (Å²) in [6, 6.07) is 7.72. The molecule has 1 amide bonds. The van der Waals surface area contributed by atoms with Crippen molar-refractivity contribution in [1.29, 1.82) is 0 Å². The summed E-state index contributed by atoms with van der Waals surface area (Å²) in [5.41, 5.74) is 1.82. The molecule has 1 aromatic carbocycles. The summed E-state index contributed by atoms with van der Waals surface area (Å²) in [6.45, 7) is 7.10. The maximum absolute atomic E-state index is 12.3. The van der Waals surface area contributed by atoms with E-state index in [2.05, 4.69) is 17.1 Å². The topological polar surface area (TPSA) is 35.6 Å². The summed E-state index contributed by atoms with van der Waals surface area (Å²) < 4.78 is 0. The Kier molecular flexibility index (Phi) is 5.41. The van der Waals surface area contributed by atoms with Crippen LogP contribution < -0.4 is 5.32 Å². The molecule has 0 aliphatic carbocycles. The smallest absolute Gasteiger partial charge is 0.253 e. The Morgan fingerprint density at radius 2 is 1.90 bits per heavy atom. The van der Waals surface area contributed by atoms with E-state index in [1.807, 2.05) is 36.2 Å². The molecule has 4 heteroatoms. The largest absolute Gasteiger partial charge is 0.385 e. The van der Waals surface area contributed by atoms with Gasteiger partial charge in [-0.2, -0.15) is 0 Å². The minimum Gasteiger partial charge on any atom is -0.385 e. The van der Waals surface area contributed by atoms with E-state index in [1.165, 1.54) is 25.9 Å². The van der Waals surface area contributed by atoms with Gasteiger partial charge in [-0.05, 0) is 57.1 Å². The van der Waals surface area contributed by atoms with Gasteiger partial charge in [0.1, 0.15) is 0 Å². The van der Waals surface area contributed by atoms with Crippen molar-refractivity contribution in [1.82, 2.24) is 9.80 Å². The van der Waals surface area contributed by atoms with E-state index in [9.17, 15) is 4.79 Å². The first kappa shape index (κ1) is 14.9. The van der Waals surface area contributed by atoms with Crippen LogP contribution in [0.15, 0.2) is 24.3 Å². The lowest BCUT2D eigenvalue weighted by Crippen LogP contribution is -2.35. The number of amides is 1. The van der Waals surface area contributed by atoms with Crippen molar-refractivity contribution in [3.8, 4) is 0 Å². The normalized spacial score (nSPS) is 15.3. The Balaban J connectivity index is 1.85. The molecule has 20 heavy (non-hydrogen) atoms. The maximum Gasteiger partial charge on any atom is 0.253 e. The number of likely N-dealkylation sites (N-methyl/N-ethyl adjacent to an activating group) is 1. The van der Waals surface area contributed by atoms with E-state index in [1.54, 1.807) is 0 Å². The van der Waals surface area contributed by atoms with Gasteiger partial charge in [0.2, 0.25) is 0 Å². The van der Waals surface area contributed by atoms with Gasteiger partial charge in [0.15, 0.2) is 0 Å². The molecule has 0 aromatic heterocycles. The SMILES string of the molecule is CCNc1ccc(C(=O)N(C)CCN2CCCC2)cc1. The third kappa shape index (κ3) is 3.97. The van der Waals surface area contributed by atoms with Crippen molar-refractivity contribution >= 4 is 11.6 Å². The zero-order valence-corrected chi connectivity index (χ0v) is 12.6. The van der Waals surface area contributed by atoms with Gasteiger partial charge in [0, 0.05) is 37.9 Å². The molecule has 1 aliphatic heterocycles. The standard InChI is InChI=1S/C16H25N3O/c1-3-17-15-8-6-14(7-9-15)16(20)18(2)12-13-19-10-4-5-11-19/h6-9,17H,3-5,10-13H2,1-2H3. The number of likely N-dealkylation sites (tertiary alicyclic amines) is 1. The van der Waals surface area contributed by atoms with Crippen LogP contribution in [0.3, 0.4) is 0 Å². The molecule has 4 nitrogen and oxygen atoms in total. The second kappa shape index (κ2) is 7.29. The summed E-state index contributed by atoms with van der Waals surface area (Å²) in [4.78, 5) is 16.6. The summed E-state index contributed by atoms with van der Waals surface area (Å²) in [6.07, 6.45) is 2.59. The molecule has 1 fully saturated rings. The van der Waals surface area contributed by atoms with Crippen molar-refractivity contribution in [3.05, 3.63) is 29.8 Å². The zero-order chi connectivity index (χ0) is 14.4. The number of carbonyl (C=O) groups is 1. The first-order chi connectivity index (χ1) is 9.70. The highest BCUT2D eigenvalue weighted by atomic mass is 16.2. The summed E-state index contributed by atoms with van der Waals surface area (Å²) in [5, 5.41) is 3.23. The molecule has 1 aromatic rings. The van der Waals surface area contributed by atoms with Gasteiger partial charge in [0.25, 0.3) is 5.91 Å². The van der Waals surface area contributed by atoms with Crippen LogP contribution in [0.4, 0.5) is 5.69 Å². The molecular formula is C16H25N3O. The summed E-state index contributed by atoms with van der Waals surface area (Å²) in [7, 11) is 1.89. The fourth-order valence-electron chi connectivity index (χ4n) is 2.55. The van der Waals surface area contributed by atoms with Crippen LogP contribution in [0, 0.1) is 0 Å². The second-order valence-corrected chi connectivity index (χ2v) is 5.38. The Morgan fingerprint density at radius 1 is 1.25 bits per heavy atom. The predicted molar refractivity (Wildman–Crippen MR) is 83.2 cm³/mol. The molecule has 0 atom stereocenters. The van der Waals surface area contributed by atoms with Crippen molar-refractivity contribution in [3.63, 3.8) is 0 Å². The van der Waals surface area contributed by atoms with Crippen LogP contribution in [0.1, 0.15) is 30.1 Å². The average molecular weight is 275 g/mol. The van der Waals surface area contributed by atoms with Gasteiger partial charge in [-0.15, -0.1) is 0 Å². The Bertz CT molecular complexity index is 424. The van der Waals surface area contributed by atoms with Crippen molar-refractivity contribution in [2.75, 3.05) is 45.1 Å². The lowest BCUT2D eigenvalue weighted by molar-refractivity contribution is 0.0782. The molecular weight excluding hydrogens is 250 g/mol. The monoisotopic (exact) mass is 275 g/mol. The van der Waals surface area contributed by atoms with E-state index in [0.717, 1.165) is 30.9 Å². The minimum absolute atomic E-state index is 0.104. The first-order valence-corrected chi connectivity index (χ1v) is 7.52. The molecule has 0 radical (unpaired) electrons. The molecule has 1 heterocycles. The number of nitrogens with one attached hydrogen (secondary N) is 1. The highest BCUT2D eigenvalue weighted by Crippen LogP contribution is 2.11. The number of benzene rings is 1. The summed E-state index contributed by atoms with van der Waals surface area (Å²) >= 11 is 0. The van der Waals surface area contributed by atoms with Crippen LogP contribution >= 0.6 is 0 Å². The van der Waals surface area contributed by atoms with Gasteiger partial charge in [-0.1, -0.05) is 0 Å². The third-order valence-corrected chi connectivity index (χ3v) is 3.81. The van der Waals surface area contributed by atoms with Gasteiger partial charge < -0.3 is 15.1 Å². The number of anilines is 1. The third-order valence-electron chi connectivity index (χ3n) is 3.81. The maximum atomic E-state index is 12.3. The zero-order valence-electron chi connectivity index (χ0n) is 12.6. The quantitative estimate of drug-likeness (QED) is 0.865. The van der Waals surface area contributed by atoms with E-state index < -0.39 is 0 Å². The van der Waals surface area contributed by atoms with E-state index >= 15 is 0 Å². The van der Waals surface area contributed by atoms with Gasteiger partial charge >= 0.3 is 0 Å². The van der Waals surface area contributed by atoms with Crippen LogP contribution in [0.5, 0.6) is 0 Å². The summed E-state index contributed by atoms with van der Waals surface area (Å²) in [5.74, 6) is 0.104. The lowest BCUT2D eigenvalue weighted by Gasteiger charge is -2.21. The Labute approximate surface area is 121 Å². The average Bonchev–Trinajstić information content (AvgIpc) is 2.98. The minimum atomic E-state index is 0.104. The number of hydrogen-bond donors (Lipinski definition) is 1. The number of rotatable bonds is 6. The molecule has 0 spiro atoms. The highest BCUT2D eigenvalue weighted by Gasteiger charge is 2.15. The van der Waals surface area contributed by atoms with Gasteiger partial charge in [0.05, 0.1) is 0 Å². The molecule has 110 valence electrons. The molecule has 0 saturated carbocycles. The van der Waals surface area contributed by atoms with Crippen molar-refractivity contribution < 1.29 is 4.79 Å². The van der Waals surface area contributed by atoms with Crippen molar-refractivity contribution in [2.24, 2.45) is 0 Å².